The summed E-state index contributed by atoms with van der Waals surface area (Å²) in [5.74, 6) is -6.30. The van der Waals surface area contributed by atoms with Crippen LogP contribution in [-0.4, -0.2) is 0 Å². The Labute approximate surface area is 146 Å². The Morgan fingerprint density at radius 2 is 1.15 bits per heavy atom. The van der Waals surface area contributed by atoms with Crippen molar-refractivity contribution in [2.75, 3.05) is 0 Å². The quantitative estimate of drug-likeness (QED) is 0.284. The van der Waals surface area contributed by atoms with E-state index in [1.165, 1.54) is 0 Å². The van der Waals surface area contributed by atoms with Gasteiger partial charge in [-0.3, -0.25) is 0 Å². The van der Waals surface area contributed by atoms with Crippen molar-refractivity contribution in [3.05, 3.63) is 106 Å². The van der Waals surface area contributed by atoms with Crippen molar-refractivity contribution in [3.63, 3.8) is 0 Å². The average Bonchev–Trinajstić information content (AvgIpc) is 3.20. The molecule has 0 aliphatic heterocycles. The third kappa shape index (κ3) is 1.79. The van der Waals surface area contributed by atoms with Gasteiger partial charge in [-0.05, 0) is 33.9 Å². The molecule has 4 heteroatoms. The minimum absolute atomic E-state index is 0.216. The molecule has 0 atom stereocenters. The van der Waals surface area contributed by atoms with E-state index in [1.807, 2.05) is 24.3 Å². The van der Waals surface area contributed by atoms with Crippen molar-refractivity contribution in [1.29, 1.82) is 0 Å². The predicted octanol–water partition coefficient (Wildman–Crippen LogP) is 6.07. The van der Waals surface area contributed by atoms with Crippen molar-refractivity contribution >= 4 is 22.8 Å². The highest BCUT2D eigenvalue weighted by Gasteiger charge is 2.39. The van der Waals surface area contributed by atoms with Crippen molar-refractivity contribution < 1.29 is 17.6 Å². The summed E-state index contributed by atoms with van der Waals surface area (Å²) in [5, 5.41) is 0. The summed E-state index contributed by atoms with van der Waals surface area (Å²) in [6.45, 7) is 0. The van der Waals surface area contributed by atoms with Crippen LogP contribution in [0.2, 0.25) is 0 Å². The summed E-state index contributed by atoms with van der Waals surface area (Å²) in [7, 11) is 0. The molecule has 2 aliphatic rings. The smallest absolute Gasteiger partial charge is 0.198 e. The third-order valence-corrected chi connectivity index (χ3v) is 4.90. The first-order valence-electron chi connectivity index (χ1n) is 8.07. The molecule has 5 rings (SSSR count). The van der Waals surface area contributed by atoms with E-state index in [1.54, 1.807) is 36.4 Å². The monoisotopic (exact) mass is 350 g/mol. The Morgan fingerprint density at radius 1 is 0.538 bits per heavy atom. The topological polar surface area (TPSA) is 0 Å². The molecule has 0 nitrogen and oxygen atoms in total. The van der Waals surface area contributed by atoms with Gasteiger partial charge in [0.05, 0.1) is 0 Å². The molecular formula is C22H10F4. The number of benzene rings is 3. The Morgan fingerprint density at radius 3 is 1.88 bits per heavy atom. The van der Waals surface area contributed by atoms with Crippen molar-refractivity contribution in [3.8, 4) is 0 Å². The largest absolute Gasteiger partial charge is 0.203 e. The number of halogens is 4. The lowest BCUT2D eigenvalue weighted by Crippen LogP contribution is -2.04. The highest BCUT2D eigenvalue weighted by Crippen LogP contribution is 2.55. The normalized spacial score (nSPS) is 14.2. The lowest BCUT2D eigenvalue weighted by atomic mass is 9.93. The zero-order chi connectivity index (χ0) is 18.0. The summed E-state index contributed by atoms with van der Waals surface area (Å²) in [6, 6.07) is 16.2. The number of hydrogen-bond donors (Lipinski definition) is 0. The van der Waals surface area contributed by atoms with Gasteiger partial charge in [-0.2, -0.15) is 0 Å². The summed E-state index contributed by atoms with van der Waals surface area (Å²) in [4.78, 5) is 0. The summed E-state index contributed by atoms with van der Waals surface area (Å²) in [5.41, 5.74) is 3.17. The Hall–Kier alpha value is -3.14. The lowest BCUT2D eigenvalue weighted by molar-refractivity contribution is 0.407. The molecule has 0 bridgehead atoms. The fourth-order valence-electron chi connectivity index (χ4n) is 3.83. The maximum absolute atomic E-state index is 14.7. The minimum atomic E-state index is -1.79. The van der Waals surface area contributed by atoms with Gasteiger partial charge >= 0.3 is 0 Å². The van der Waals surface area contributed by atoms with Crippen LogP contribution in [0, 0.1) is 23.3 Å². The van der Waals surface area contributed by atoms with Gasteiger partial charge in [0.2, 0.25) is 0 Å². The Kier molecular flexibility index (Phi) is 3.02. The molecule has 0 spiro atoms. The van der Waals surface area contributed by atoms with E-state index in [4.69, 9.17) is 0 Å². The van der Waals surface area contributed by atoms with E-state index < -0.39 is 23.3 Å². The zero-order valence-corrected chi connectivity index (χ0v) is 13.3. The second-order valence-corrected chi connectivity index (χ2v) is 6.27. The number of hydrogen-bond acceptors (Lipinski definition) is 0. The molecular weight excluding hydrogens is 340 g/mol. The molecule has 0 saturated carbocycles. The van der Waals surface area contributed by atoms with Crippen LogP contribution >= 0.6 is 0 Å². The van der Waals surface area contributed by atoms with Crippen LogP contribution in [0.3, 0.4) is 0 Å². The van der Waals surface area contributed by atoms with E-state index in [0.717, 1.165) is 11.1 Å². The second kappa shape index (κ2) is 5.18. The Balaban J connectivity index is 1.96. The van der Waals surface area contributed by atoms with Crippen molar-refractivity contribution in [1.82, 2.24) is 0 Å². The first-order valence-corrected chi connectivity index (χ1v) is 8.07. The van der Waals surface area contributed by atoms with Crippen molar-refractivity contribution in [2.24, 2.45) is 0 Å². The van der Waals surface area contributed by atoms with E-state index in [2.05, 4.69) is 0 Å². The molecule has 0 N–H and O–H groups in total. The van der Waals surface area contributed by atoms with Crippen LogP contribution in [-0.2, 0) is 0 Å². The predicted molar refractivity (Wildman–Crippen MR) is 92.9 cm³/mol. The highest BCUT2D eigenvalue weighted by molar-refractivity contribution is 6.31. The average molecular weight is 350 g/mol. The molecule has 0 aromatic heterocycles. The summed E-state index contributed by atoms with van der Waals surface area (Å²) in [6.07, 6.45) is 1.69. The van der Waals surface area contributed by atoms with Gasteiger partial charge in [0.25, 0.3) is 0 Å². The molecule has 2 aliphatic carbocycles. The fourth-order valence-corrected chi connectivity index (χ4v) is 3.83. The van der Waals surface area contributed by atoms with Crippen molar-refractivity contribution in [2.45, 2.75) is 0 Å². The summed E-state index contributed by atoms with van der Waals surface area (Å²) < 4.78 is 57.3. The van der Waals surface area contributed by atoms with Crippen LogP contribution in [0.4, 0.5) is 17.6 Å². The first-order chi connectivity index (χ1) is 12.6. The van der Waals surface area contributed by atoms with Crippen LogP contribution < -0.4 is 0 Å². The molecule has 0 radical (unpaired) electrons. The fraction of sp³-hybridized carbons (Fsp3) is 0. The summed E-state index contributed by atoms with van der Waals surface area (Å²) >= 11 is 0. The maximum Gasteiger partial charge on any atom is 0.198 e. The molecule has 0 saturated heterocycles. The standard InChI is InChI=1S/C22H10F4/c23-19-17-14-10-12-8-4-5-9-13(12)16(14)15(11-6-2-1-3-7-11)18(17)20(24)22(26)21(19)25/h1-10H. The van der Waals surface area contributed by atoms with Crippen LogP contribution in [0.15, 0.2) is 54.6 Å². The maximum atomic E-state index is 14.7. The van der Waals surface area contributed by atoms with Gasteiger partial charge in [-0.1, -0.05) is 54.6 Å². The molecule has 3 aromatic carbocycles. The van der Waals surface area contributed by atoms with Gasteiger partial charge in [-0.15, -0.1) is 0 Å². The van der Waals surface area contributed by atoms with Gasteiger partial charge in [0, 0.05) is 16.7 Å². The SMILES string of the molecule is Fc1c(F)c(F)c2c(c1F)C1=Cc3ccccc3C1=C2c1ccccc1. The molecule has 0 heterocycles. The molecule has 0 amide bonds. The van der Waals surface area contributed by atoms with Gasteiger partial charge in [0.15, 0.2) is 23.3 Å². The third-order valence-electron chi connectivity index (χ3n) is 4.90. The van der Waals surface area contributed by atoms with Crippen LogP contribution in [0.1, 0.15) is 27.8 Å². The van der Waals surface area contributed by atoms with E-state index in [-0.39, 0.29) is 11.1 Å². The number of rotatable bonds is 1. The van der Waals surface area contributed by atoms with Gasteiger partial charge in [-0.25, -0.2) is 17.6 Å². The van der Waals surface area contributed by atoms with E-state index in [0.29, 0.717) is 22.3 Å². The number of allylic oxidation sites excluding steroid dienone is 2. The Bertz CT molecular complexity index is 1150. The van der Waals surface area contributed by atoms with Gasteiger partial charge in [0.1, 0.15) is 0 Å². The first kappa shape index (κ1) is 15.1. The van der Waals surface area contributed by atoms with E-state index >= 15 is 0 Å². The van der Waals surface area contributed by atoms with Crippen LogP contribution in [0.25, 0.3) is 22.8 Å². The molecule has 0 fully saturated rings. The number of fused-ring (bicyclic) bond motifs is 5. The zero-order valence-electron chi connectivity index (χ0n) is 13.3. The molecule has 3 aromatic rings. The van der Waals surface area contributed by atoms with Gasteiger partial charge < -0.3 is 0 Å². The molecule has 0 unspecified atom stereocenters. The van der Waals surface area contributed by atoms with E-state index in [9.17, 15) is 17.6 Å². The highest BCUT2D eigenvalue weighted by atomic mass is 19.2. The molecule has 126 valence electrons. The van der Waals surface area contributed by atoms with Crippen LogP contribution in [0.5, 0.6) is 0 Å². The molecule has 26 heavy (non-hydrogen) atoms. The lowest BCUT2D eigenvalue weighted by Gasteiger charge is -2.11. The second-order valence-electron chi connectivity index (χ2n) is 6.27. The minimum Gasteiger partial charge on any atom is -0.203 e.